The molecule has 0 spiro atoms. The average Bonchev–Trinajstić information content (AvgIpc) is 2.89. The molecule has 114 valence electrons. The van der Waals surface area contributed by atoms with Crippen LogP contribution in [0.1, 0.15) is 45.3 Å². The van der Waals surface area contributed by atoms with Crippen LogP contribution in [0.25, 0.3) is 0 Å². The Morgan fingerprint density at radius 1 is 1.35 bits per heavy atom. The van der Waals surface area contributed by atoms with E-state index in [1.54, 1.807) is 0 Å². The number of ether oxygens (including phenoxy) is 2. The maximum absolute atomic E-state index is 6.05. The second-order valence-electron chi connectivity index (χ2n) is 5.66. The van der Waals surface area contributed by atoms with E-state index in [1.165, 1.54) is 0 Å². The lowest BCUT2D eigenvalue weighted by Crippen LogP contribution is -2.37. The molecule has 6 nitrogen and oxygen atoms in total. The molecule has 1 aliphatic heterocycles. The minimum Gasteiger partial charge on any atom is -0.381 e. The van der Waals surface area contributed by atoms with Crippen molar-refractivity contribution in [3.05, 3.63) is 11.7 Å². The lowest BCUT2D eigenvalue weighted by atomic mass is 9.93. The summed E-state index contributed by atoms with van der Waals surface area (Å²) in [5, 5.41) is 4.12. The van der Waals surface area contributed by atoms with Crippen LogP contribution in [0.3, 0.4) is 0 Å². The topological polar surface area (TPSA) is 83.4 Å². The molecular weight excluding hydrogens is 258 g/mol. The van der Waals surface area contributed by atoms with E-state index in [4.69, 9.17) is 19.7 Å². The summed E-state index contributed by atoms with van der Waals surface area (Å²) in [6, 6.07) is 0.0287. The van der Waals surface area contributed by atoms with E-state index >= 15 is 0 Å². The molecule has 1 atom stereocenters. The molecule has 1 saturated heterocycles. The van der Waals surface area contributed by atoms with Crippen molar-refractivity contribution in [1.82, 2.24) is 10.1 Å². The SMILES string of the molecule is CCOC1(c2noc(CC(N)C(C)C)n2)CCOCC1. The Bertz CT molecular complexity index is 408. The van der Waals surface area contributed by atoms with Crippen molar-refractivity contribution in [2.24, 2.45) is 11.7 Å². The van der Waals surface area contributed by atoms with Crippen LogP contribution in [-0.4, -0.2) is 36.0 Å². The minimum absolute atomic E-state index is 0.0287. The highest BCUT2D eigenvalue weighted by molar-refractivity contribution is 5.04. The lowest BCUT2D eigenvalue weighted by molar-refractivity contribution is -0.118. The van der Waals surface area contributed by atoms with E-state index < -0.39 is 5.60 Å². The van der Waals surface area contributed by atoms with Gasteiger partial charge in [0.15, 0.2) is 0 Å². The predicted molar refractivity (Wildman–Crippen MR) is 74.2 cm³/mol. The molecule has 2 rings (SSSR count). The Morgan fingerprint density at radius 2 is 2.05 bits per heavy atom. The predicted octanol–water partition coefficient (Wildman–Crippen LogP) is 1.64. The standard InChI is InChI=1S/C14H25N3O3/c1-4-19-14(5-7-18-8-6-14)13-16-12(20-17-13)9-11(15)10(2)3/h10-11H,4-9,15H2,1-3H3. The van der Waals surface area contributed by atoms with E-state index in [0.29, 0.717) is 43.9 Å². The summed E-state index contributed by atoms with van der Waals surface area (Å²) in [5.41, 5.74) is 5.59. The lowest BCUT2D eigenvalue weighted by Gasteiger charge is -2.33. The maximum atomic E-state index is 6.05. The van der Waals surface area contributed by atoms with Gasteiger partial charge >= 0.3 is 0 Å². The molecular formula is C14H25N3O3. The summed E-state index contributed by atoms with van der Waals surface area (Å²) >= 11 is 0. The van der Waals surface area contributed by atoms with Gasteiger partial charge < -0.3 is 19.7 Å². The van der Waals surface area contributed by atoms with Gasteiger partial charge in [-0.3, -0.25) is 0 Å². The number of nitrogens with zero attached hydrogens (tertiary/aromatic N) is 2. The van der Waals surface area contributed by atoms with Crippen molar-refractivity contribution >= 4 is 0 Å². The molecule has 0 bridgehead atoms. The minimum atomic E-state index is -0.462. The van der Waals surface area contributed by atoms with Gasteiger partial charge in [0.2, 0.25) is 11.7 Å². The van der Waals surface area contributed by atoms with Crippen molar-refractivity contribution in [1.29, 1.82) is 0 Å². The van der Waals surface area contributed by atoms with Crippen LogP contribution < -0.4 is 5.73 Å². The Balaban J connectivity index is 2.12. The quantitative estimate of drug-likeness (QED) is 0.854. The van der Waals surface area contributed by atoms with E-state index in [9.17, 15) is 0 Å². The highest BCUT2D eigenvalue weighted by atomic mass is 16.5. The molecule has 1 aromatic rings. The molecule has 2 heterocycles. The molecule has 1 unspecified atom stereocenters. The molecule has 2 N–H and O–H groups in total. The molecule has 0 radical (unpaired) electrons. The molecule has 1 fully saturated rings. The van der Waals surface area contributed by atoms with E-state index in [0.717, 1.165) is 12.8 Å². The summed E-state index contributed by atoms with van der Waals surface area (Å²) in [5.74, 6) is 1.61. The number of aromatic nitrogens is 2. The van der Waals surface area contributed by atoms with Gasteiger partial charge in [0.1, 0.15) is 5.60 Å². The normalized spacial score (nSPS) is 20.2. The largest absolute Gasteiger partial charge is 0.381 e. The van der Waals surface area contributed by atoms with Crippen LogP contribution in [0, 0.1) is 5.92 Å². The number of rotatable bonds is 6. The van der Waals surface area contributed by atoms with Gasteiger partial charge in [-0.2, -0.15) is 4.98 Å². The Kier molecular flexibility index (Phi) is 5.12. The van der Waals surface area contributed by atoms with Crippen LogP contribution in [0.5, 0.6) is 0 Å². The summed E-state index contributed by atoms with van der Waals surface area (Å²) in [6.07, 6.45) is 2.12. The molecule has 20 heavy (non-hydrogen) atoms. The first-order chi connectivity index (χ1) is 9.57. The number of hydrogen-bond acceptors (Lipinski definition) is 6. The van der Waals surface area contributed by atoms with Crippen LogP contribution in [0.4, 0.5) is 0 Å². The fourth-order valence-electron chi connectivity index (χ4n) is 2.37. The zero-order chi connectivity index (χ0) is 14.6. The second-order valence-corrected chi connectivity index (χ2v) is 5.66. The zero-order valence-corrected chi connectivity index (χ0v) is 12.6. The molecule has 6 heteroatoms. The van der Waals surface area contributed by atoms with Crippen molar-refractivity contribution in [3.63, 3.8) is 0 Å². The third kappa shape index (κ3) is 3.37. The van der Waals surface area contributed by atoms with Gasteiger partial charge in [-0.15, -0.1) is 0 Å². The molecule has 0 aromatic carbocycles. The summed E-state index contributed by atoms with van der Waals surface area (Å²) in [4.78, 5) is 4.51. The second kappa shape index (κ2) is 6.65. The van der Waals surface area contributed by atoms with Gasteiger partial charge in [0.25, 0.3) is 0 Å². The van der Waals surface area contributed by atoms with Gasteiger partial charge in [-0.25, -0.2) is 0 Å². The fourth-order valence-corrected chi connectivity index (χ4v) is 2.37. The van der Waals surface area contributed by atoms with E-state index in [2.05, 4.69) is 24.0 Å². The summed E-state index contributed by atoms with van der Waals surface area (Å²) < 4.78 is 16.7. The van der Waals surface area contributed by atoms with Crippen LogP contribution in [0.2, 0.25) is 0 Å². The van der Waals surface area contributed by atoms with Crippen LogP contribution in [-0.2, 0) is 21.5 Å². The molecule has 0 saturated carbocycles. The first-order valence-corrected chi connectivity index (χ1v) is 7.38. The van der Waals surface area contributed by atoms with Crippen molar-refractivity contribution in [2.75, 3.05) is 19.8 Å². The highest BCUT2D eigenvalue weighted by Crippen LogP contribution is 2.34. The summed E-state index contributed by atoms with van der Waals surface area (Å²) in [6.45, 7) is 8.09. The third-order valence-corrected chi connectivity index (χ3v) is 3.86. The molecule has 0 aliphatic carbocycles. The highest BCUT2D eigenvalue weighted by Gasteiger charge is 2.39. The van der Waals surface area contributed by atoms with Crippen molar-refractivity contribution in [2.45, 2.75) is 51.7 Å². The number of hydrogen-bond donors (Lipinski definition) is 1. The first-order valence-electron chi connectivity index (χ1n) is 7.38. The average molecular weight is 283 g/mol. The maximum Gasteiger partial charge on any atom is 0.228 e. The fraction of sp³-hybridized carbons (Fsp3) is 0.857. The Hall–Kier alpha value is -0.980. The smallest absolute Gasteiger partial charge is 0.228 e. The van der Waals surface area contributed by atoms with Crippen molar-refractivity contribution < 1.29 is 14.0 Å². The van der Waals surface area contributed by atoms with Gasteiger partial charge in [0, 0.05) is 45.1 Å². The molecule has 1 aliphatic rings. The van der Waals surface area contributed by atoms with Gasteiger partial charge in [-0.1, -0.05) is 19.0 Å². The molecule has 0 amide bonds. The monoisotopic (exact) mass is 283 g/mol. The van der Waals surface area contributed by atoms with E-state index in [-0.39, 0.29) is 6.04 Å². The van der Waals surface area contributed by atoms with E-state index in [1.807, 2.05) is 6.92 Å². The Labute approximate surface area is 120 Å². The van der Waals surface area contributed by atoms with Crippen molar-refractivity contribution in [3.8, 4) is 0 Å². The summed E-state index contributed by atoms with van der Waals surface area (Å²) in [7, 11) is 0. The Morgan fingerprint density at radius 3 is 2.65 bits per heavy atom. The van der Waals surface area contributed by atoms with Crippen LogP contribution in [0.15, 0.2) is 4.52 Å². The van der Waals surface area contributed by atoms with Gasteiger partial charge in [-0.05, 0) is 12.8 Å². The first kappa shape index (κ1) is 15.4. The van der Waals surface area contributed by atoms with Crippen LogP contribution >= 0.6 is 0 Å². The zero-order valence-electron chi connectivity index (χ0n) is 12.6. The number of nitrogens with two attached hydrogens (primary N) is 1. The third-order valence-electron chi connectivity index (χ3n) is 3.86. The van der Waals surface area contributed by atoms with Gasteiger partial charge in [0.05, 0.1) is 0 Å². The molecule has 1 aromatic heterocycles.